The summed E-state index contributed by atoms with van der Waals surface area (Å²) in [5.41, 5.74) is 7.75. The van der Waals surface area contributed by atoms with E-state index in [9.17, 15) is 13.2 Å². The van der Waals surface area contributed by atoms with Crippen LogP contribution in [0.5, 0.6) is 0 Å². The average Bonchev–Trinajstić information content (AvgIpc) is 3.18. The monoisotopic (exact) mass is 539 g/mol. The van der Waals surface area contributed by atoms with Crippen LogP contribution in [-0.2, 0) is 27.7 Å². The average molecular weight is 540 g/mol. The van der Waals surface area contributed by atoms with Gasteiger partial charge in [0.1, 0.15) is 10.6 Å². The molecular weight excluding hydrogens is 514 g/mol. The number of amides is 1. The molecular formula is C22H26ClN5O3S3. The van der Waals surface area contributed by atoms with Crippen LogP contribution < -0.4 is 11.1 Å². The van der Waals surface area contributed by atoms with Crippen molar-refractivity contribution in [1.82, 2.24) is 14.3 Å². The molecule has 0 radical (unpaired) electrons. The molecule has 4 rings (SSSR count). The number of aromatic nitrogens is 2. The third-order valence-corrected chi connectivity index (χ3v) is 10.1. The maximum Gasteiger partial charge on any atom is 0.243 e. The second-order valence-corrected chi connectivity index (χ2v) is 12.2. The van der Waals surface area contributed by atoms with Gasteiger partial charge in [-0.15, -0.1) is 11.3 Å². The molecule has 0 fully saturated rings. The molecule has 3 aromatic rings. The fourth-order valence-corrected chi connectivity index (χ4v) is 7.65. The number of sulfonamides is 1. The molecule has 0 atom stereocenters. The fourth-order valence-electron chi connectivity index (χ4n) is 4.02. The van der Waals surface area contributed by atoms with Crippen molar-refractivity contribution >= 4 is 72.4 Å². The van der Waals surface area contributed by atoms with Gasteiger partial charge in [0.2, 0.25) is 15.9 Å². The highest BCUT2D eigenvalue weighted by Gasteiger charge is 2.23. The van der Waals surface area contributed by atoms with Gasteiger partial charge in [-0.2, -0.15) is 4.31 Å². The summed E-state index contributed by atoms with van der Waals surface area (Å²) in [7, 11) is -3.67. The van der Waals surface area contributed by atoms with E-state index in [-0.39, 0.29) is 27.3 Å². The number of nitrogens with zero attached hydrogens (tertiary/aromatic N) is 3. The van der Waals surface area contributed by atoms with E-state index in [1.54, 1.807) is 25.2 Å². The van der Waals surface area contributed by atoms with Gasteiger partial charge in [0.15, 0.2) is 5.16 Å². The summed E-state index contributed by atoms with van der Waals surface area (Å²) in [5.74, 6) is 0.126. The first-order chi connectivity index (χ1) is 16.2. The predicted molar refractivity (Wildman–Crippen MR) is 139 cm³/mol. The Balaban J connectivity index is 1.48. The molecule has 3 N–H and O–H groups in total. The van der Waals surface area contributed by atoms with E-state index in [4.69, 9.17) is 17.3 Å². The number of nitrogens with two attached hydrogens (primary N) is 1. The SMILES string of the molecule is CCN(CC)S(=O)(=O)c1ccc(Cl)c(NC(=O)CSc2nc(N)c3c4c(sc3n2)CCCC4)c1. The van der Waals surface area contributed by atoms with Gasteiger partial charge in [0.25, 0.3) is 0 Å². The van der Waals surface area contributed by atoms with Gasteiger partial charge < -0.3 is 11.1 Å². The smallest absolute Gasteiger partial charge is 0.243 e. The van der Waals surface area contributed by atoms with Crippen molar-refractivity contribution in [3.05, 3.63) is 33.7 Å². The van der Waals surface area contributed by atoms with Crippen molar-refractivity contribution in [3.8, 4) is 0 Å². The largest absolute Gasteiger partial charge is 0.383 e. The zero-order valence-electron chi connectivity index (χ0n) is 18.9. The fraction of sp³-hybridized carbons (Fsp3) is 0.409. The van der Waals surface area contributed by atoms with Crippen LogP contribution in [0.1, 0.15) is 37.1 Å². The molecule has 34 heavy (non-hydrogen) atoms. The molecule has 2 aromatic heterocycles. The van der Waals surface area contributed by atoms with Crippen LogP contribution >= 0.6 is 34.7 Å². The molecule has 0 unspecified atom stereocenters. The Hall–Kier alpha value is -1.92. The van der Waals surface area contributed by atoms with Crippen LogP contribution in [0.2, 0.25) is 5.02 Å². The number of nitrogen functional groups attached to an aromatic ring is 1. The third-order valence-electron chi connectivity index (χ3n) is 5.71. The lowest BCUT2D eigenvalue weighted by atomic mass is 9.97. The number of carbonyl (C=O) groups is 1. The molecule has 0 saturated heterocycles. The number of nitrogens with one attached hydrogen (secondary N) is 1. The normalized spacial score (nSPS) is 13.9. The zero-order valence-corrected chi connectivity index (χ0v) is 22.1. The van der Waals surface area contributed by atoms with Crippen molar-refractivity contribution < 1.29 is 13.2 Å². The number of thiophene rings is 1. The molecule has 12 heteroatoms. The summed E-state index contributed by atoms with van der Waals surface area (Å²) in [4.78, 5) is 23.9. The van der Waals surface area contributed by atoms with Gasteiger partial charge in [0, 0.05) is 18.0 Å². The minimum absolute atomic E-state index is 0.0272. The van der Waals surface area contributed by atoms with E-state index in [2.05, 4.69) is 15.3 Å². The first-order valence-corrected chi connectivity index (χ1v) is 14.7. The van der Waals surface area contributed by atoms with Crippen molar-refractivity contribution in [3.63, 3.8) is 0 Å². The zero-order chi connectivity index (χ0) is 24.5. The van der Waals surface area contributed by atoms with Crippen LogP contribution in [0.4, 0.5) is 11.5 Å². The topological polar surface area (TPSA) is 118 Å². The van der Waals surface area contributed by atoms with Gasteiger partial charge in [-0.25, -0.2) is 18.4 Å². The summed E-state index contributed by atoms with van der Waals surface area (Å²) in [6.07, 6.45) is 4.37. The summed E-state index contributed by atoms with van der Waals surface area (Å²) >= 11 is 9.05. The van der Waals surface area contributed by atoms with E-state index in [1.807, 2.05) is 0 Å². The number of rotatable bonds is 8. The molecule has 1 aliphatic rings. The lowest BCUT2D eigenvalue weighted by Gasteiger charge is -2.19. The van der Waals surface area contributed by atoms with E-state index in [0.717, 1.165) is 29.5 Å². The van der Waals surface area contributed by atoms with E-state index in [0.29, 0.717) is 24.1 Å². The summed E-state index contributed by atoms with van der Waals surface area (Å²) < 4.78 is 27.0. The molecule has 2 heterocycles. The Bertz CT molecular complexity index is 1340. The maximum atomic E-state index is 12.8. The number of hydrogen-bond acceptors (Lipinski definition) is 8. The van der Waals surface area contributed by atoms with Crippen LogP contribution in [0, 0.1) is 0 Å². The summed E-state index contributed by atoms with van der Waals surface area (Å²) in [5, 5.41) is 4.34. The number of benzene rings is 1. The number of anilines is 2. The van der Waals surface area contributed by atoms with E-state index in [1.165, 1.54) is 51.1 Å². The highest BCUT2D eigenvalue weighted by Crippen LogP contribution is 2.38. The number of halogens is 1. The predicted octanol–water partition coefficient (Wildman–Crippen LogP) is 4.57. The molecule has 0 spiro atoms. The highest BCUT2D eigenvalue weighted by molar-refractivity contribution is 7.99. The second kappa shape index (κ2) is 10.4. The van der Waals surface area contributed by atoms with Crippen LogP contribution in [0.3, 0.4) is 0 Å². The molecule has 8 nitrogen and oxygen atoms in total. The van der Waals surface area contributed by atoms with Crippen molar-refractivity contribution in [2.75, 3.05) is 29.9 Å². The Kier molecular flexibility index (Phi) is 7.68. The van der Waals surface area contributed by atoms with Crippen LogP contribution in [-0.4, -0.2) is 47.4 Å². The molecule has 0 aliphatic heterocycles. The first kappa shape index (κ1) is 25.2. The van der Waals surface area contributed by atoms with Gasteiger partial charge in [-0.1, -0.05) is 37.2 Å². The number of thioether (sulfide) groups is 1. The second-order valence-electron chi connectivity index (χ2n) is 7.85. The molecule has 0 bridgehead atoms. The van der Waals surface area contributed by atoms with E-state index < -0.39 is 10.0 Å². The number of aryl methyl sites for hydroxylation is 2. The number of fused-ring (bicyclic) bond motifs is 3. The van der Waals surface area contributed by atoms with Gasteiger partial charge in [0.05, 0.1) is 26.7 Å². The maximum absolute atomic E-state index is 12.8. The molecule has 182 valence electrons. The minimum Gasteiger partial charge on any atom is -0.383 e. The molecule has 1 amide bonds. The van der Waals surface area contributed by atoms with Crippen molar-refractivity contribution in [2.45, 2.75) is 49.6 Å². The number of carbonyl (C=O) groups excluding carboxylic acids is 1. The van der Waals surface area contributed by atoms with Gasteiger partial charge in [-0.05, 0) is 49.4 Å². The number of hydrogen-bond donors (Lipinski definition) is 2. The highest BCUT2D eigenvalue weighted by atomic mass is 35.5. The molecule has 0 saturated carbocycles. The van der Waals surface area contributed by atoms with Crippen molar-refractivity contribution in [2.24, 2.45) is 0 Å². The van der Waals surface area contributed by atoms with Crippen LogP contribution in [0.15, 0.2) is 28.3 Å². The van der Waals surface area contributed by atoms with Gasteiger partial charge in [-0.3, -0.25) is 4.79 Å². The lowest BCUT2D eigenvalue weighted by molar-refractivity contribution is -0.113. The van der Waals surface area contributed by atoms with Crippen LogP contribution in [0.25, 0.3) is 10.2 Å². The molecule has 1 aliphatic carbocycles. The first-order valence-electron chi connectivity index (χ1n) is 11.0. The lowest BCUT2D eigenvalue weighted by Crippen LogP contribution is -2.30. The Morgan fingerprint density at radius 1 is 1.24 bits per heavy atom. The summed E-state index contributed by atoms with van der Waals surface area (Å²) in [6, 6.07) is 4.29. The Morgan fingerprint density at radius 3 is 2.71 bits per heavy atom. The quantitative estimate of drug-likeness (QED) is 0.318. The standard InChI is InChI=1S/C22H26ClN5O3S3/c1-3-28(4-2)34(30,31)13-9-10-15(23)16(11-13)25-18(29)12-32-22-26-20(24)19-14-7-5-6-8-17(14)33-21(19)27-22/h9-11H,3-8,12H2,1-2H3,(H,25,29)(H2,24,26,27). The van der Waals surface area contributed by atoms with E-state index >= 15 is 0 Å². The van der Waals surface area contributed by atoms with Crippen molar-refractivity contribution in [1.29, 1.82) is 0 Å². The molecule has 1 aromatic carbocycles. The minimum atomic E-state index is -3.67. The third kappa shape index (κ3) is 5.03. The summed E-state index contributed by atoms with van der Waals surface area (Å²) in [6.45, 7) is 4.24. The van der Waals surface area contributed by atoms with Gasteiger partial charge >= 0.3 is 0 Å². The Morgan fingerprint density at radius 2 is 1.97 bits per heavy atom. The Labute approximate surface area is 212 Å².